The monoisotopic (exact) mass is 438 g/mol. The van der Waals surface area contributed by atoms with E-state index in [4.69, 9.17) is 4.74 Å². The van der Waals surface area contributed by atoms with Gasteiger partial charge < -0.3 is 20.1 Å². The topological polar surface area (TPSA) is 79.1 Å². The van der Waals surface area contributed by atoms with Gasteiger partial charge in [-0.15, -0.1) is 11.3 Å². The third-order valence-electron chi connectivity index (χ3n) is 6.93. The number of amides is 1. The van der Waals surface area contributed by atoms with E-state index >= 15 is 0 Å². The second kappa shape index (κ2) is 7.41. The van der Waals surface area contributed by atoms with Gasteiger partial charge in [0.2, 0.25) is 5.91 Å². The number of nitrogens with one attached hydrogen (secondary N) is 1. The number of hydrogen-bond acceptors (Lipinski definition) is 6. The Kier molecular flexibility index (Phi) is 4.64. The third-order valence-corrected chi connectivity index (χ3v) is 8.32. The summed E-state index contributed by atoms with van der Waals surface area (Å²) in [5, 5.41) is 17.4. The normalized spacial score (nSPS) is 25.3. The van der Waals surface area contributed by atoms with Gasteiger partial charge in [0, 0.05) is 24.5 Å². The van der Waals surface area contributed by atoms with Crippen LogP contribution in [0.5, 0.6) is 0 Å². The maximum Gasteiger partial charge on any atom is 0.239 e. The van der Waals surface area contributed by atoms with E-state index in [9.17, 15) is 9.90 Å². The Bertz CT molecular complexity index is 1130. The van der Waals surface area contributed by atoms with Gasteiger partial charge in [-0.1, -0.05) is 6.07 Å². The number of fused-ring (bicyclic) bond motifs is 3. The lowest BCUT2D eigenvalue weighted by atomic mass is 9.85. The molecule has 7 nitrogen and oxygen atoms in total. The second-order valence-corrected chi connectivity index (χ2v) is 9.86. The van der Waals surface area contributed by atoms with Crippen molar-refractivity contribution in [1.82, 2.24) is 19.8 Å². The Balaban J connectivity index is 1.26. The summed E-state index contributed by atoms with van der Waals surface area (Å²) in [6.45, 7) is 2.60. The molecule has 2 atom stereocenters. The number of thiophene rings is 1. The van der Waals surface area contributed by atoms with E-state index in [1.807, 2.05) is 33.0 Å². The zero-order chi connectivity index (χ0) is 21.0. The molecule has 2 saturated heterocycles. The van der Waals surface area contributed by atoms with Crippen LogP contribution < -0.4 is 5.32 Å². The fourth-order valence-corrected chi connectivity index (χ4v) is 6.69. The number of hydrogen-bond donors (Lipinski definition) is 2. The van der Waals surface area contributed by atoms with Gasteiger partial charge in [0.05, 0.1) is 41.0 Å². The predicted octanol–water partition coefficient (Wildman–Crippen LogP) is 2.18. The van der Waals surface area contributed by atoms with E-state index in [1.54, 1.807) is 0 Å². The summed E-state index contributed by atoms with van der Waals surface area (Å²) >= 11 is 1.81. The fraction of sp³-hybridized carbons (Fsp3) is 0.478. The number of ether oxygens (including phenoxy) is 1. The number of carbonyl (C=O) groups excluding carboxylic acids is 1. The van der Waals surface area contributed by atoms with Gasteiger partial charge in [0.15, 0.2) is 0 Å². The molecular weight excluding hydrogens is 412 g/mol. The molecule has 2 fully saturated rings. The highest BCUT2D eigenvalue weighted by molar-refractivity contribution is 7.15. The standard InChI is InChI=1S/C23H26N4O3S/c28-17-13-18(24-14-17)22(29)26-9-6-23(7-10-26)21-15(5-11-30-23)12-20(31-21)19-3-1-2-16-4-8-25-27(16)19/h1-4,8,12,17-18,24,28H,5-7,9-11,13-14H2/t17-,18+/m1/s1. The number of piperidine rings is 1. The molecule has 6 heterocycles. The van der Waals surface area contributed by atoms with Crippen LogP contribution >= 0.6 is 11.3 Å². The molecule has 3 aliphatic heterocycles. The Labute approximate surface area is 184 Å². The maximum atomic E-state index is 12.9. The summed E-state index contributed by atoms with van der Waals surface area (Å²) in [5.74, 6) is 0.111. The van der Waals surface area contributed by atoms with E-state index in [2.05, 4.69) is 34.7 Å². The molecular formula is C23H26N4O3S. The van der Waals surface area contributed by atoms with E-state index in [1.165, 1.54) is 15.3 Å². The molecule has 0 unspecified atom stereocenters. The second-order valence-electron chi connectivity index (χ2n) is 8.81. The van der Waals surface area contributed by atoms with Crippen molar-refractivity contribution in [2.45, 2.75) is 43.4 Å². The highest BCUT2D eigenvalue weighted by Gasteiger charge is 2.44. The largest absolute Gasteiger partial charge is 0.392 e. The summed E-state index contributed by atoms with van der Waals surface area (Å²) < 4.78 is 8.41. The van der Waals surface area contributed by atoms with Crippen LogP contribution in [0.15, 0.2) is 36.5 Å². The number of β-amino-alcohol motifs (C(OH)–C–C–N with tert-alkyl or cyclic N) is 1. The number of aliphatic hydroxyl groups excluding tert-OH is 1. The van der Waals surface area contributed by atoms with Crippen molar-refractivity contribution in [2.75, 3.05) is 26.2 Å². The average molecular weight is 439 g/mol. The predicted molar refractivity (Wildman–Crippen MR) is 118 cm³/mol. The Morgan fingerprint density at radius 3 is 2.97 bits per heavy atom. The third kappa shape index (κ3) is 3.20. The first-order valence-corrected chi connectivity index (χ1v) is 11.9. The van der Waals surface area contributed by atoms with Crippen molar-refractivity contribution in [1.29, 1.82) is 0 Å². The van der Waals surface area contributed by atoms with Crippen LogP contribution in [-0.2, 0) is 21.6 Å². The highest BCUT2D eigenvalue weighted by Crippen LogP contribution is 2.47. The zero-order valence-corrected chi connectivity index (χ0v) is 18.1. The maximum absolute atomic E-state index is 12.9. The molecule has 0 aromatic carbocycles. The molecule has 1 spiro atoms. The number of pyridine rings is 1. The van der Waals surface area contributed by atoms with Crippen molar-refractivity contribution >= 4 is 22.8 Å². The fourth-order valence-electron chi connectivity index (χ4n) is 5.27. The summed E-state index contributed by atoms with van der Waals surface area (Å²) in [6.07, 6.45) is 4.48. The molecule has 8 heteroatoms. The van der Waals surface area contributed by atoms with Gasteiger partial charge in [0.25, 0.3) is 0 Å². The molecule has 2 N–H and O–H groups in total. The molecule has 1 amide bonds. The van der Waals surface area contributed by atoms with Gasteiger partial charge in [0.1, 0.15) is 5.60 Å². The zero-order valence-electron chi connectivity index (χ0n) is 17.3. The van der Waals surface area contributed by atoms with Crippen molar-refractivity contribution in [3.63, 3.8) is 0 Å². The van der Waals surface area contributed by atoms with Gasteiger partial charge in [-0.2, -0.15) is 5.10 Å². The van der Waals surface area contributed by atoms with Crippen LogP contribution in [-0.4, -0.2) is 63.9 Å². The molecule has 0 saturated carbocycles. The lowest BCUT2D eigenvalue weighted by Gasteiger charge is -2.44. The van der Waals surface area contributed by atoms with Gasteiger partial charge >= 0.3 is 0 Å². The quantitative estimate of drug-likeness (QED) is 0.641. The van der Waals surface area contributed by atoms with Crippen molar-refractivity contribution in [3.8, 4) is 10.6 Å². The number of aliphatic hydroxyl groups is 1. The van der Waals surface area contributed by atoms with E-state index in [0.29, 0.717) is 26.1 Å². The lowest BCUT2D eigenvalue weighted by Crippen LogP contribution is -2.51. The first kappa shape index (κ1) is 19.4. The van der Waals surface area contributed by atoms with Crippen molar-refractivity contribution in [2.24, 2.45) is 0 Å². The number of aromatic nitrogens is 2. The summed E-state index contributed by atoms with van der Waals surface area (Å²) in [5.41, 5.74) is 3.27. The number of carbonyl (C=O) groups is 1. The smallest absolute Gasteiger partial charge is 0.239 e. The first-order valence-electron chi connectivity index (χ1n) is 11.0. The van der Waals surface area contributed by atoms with Gasteiger partial charge in [-0.3, -0.25) is 4.79 Å². The minimum atomic E-state index is -0.418. The number of nitrogens with zero attached hydrogens (tertiary/aromatic N) is 3. The molecule has 31 heavy (non-hydrogen) atoms. The summed E-state index contributed by atoms with van der Waals surface area (Å²) in [4.78, 5) is 17.3. The molecule has 0 bridgehead atoms. The van der Waals surface area contributed by atoms with Crippen LogP contribution in [0.25, 0.3) is 16.1 Å². The Hall–Kier alpha value is -2.26. The number of likely N-dealkylation sites (tertiary alicyclic amines) is 1. The molecule has 3 aliphatic rings. The Morgan fingerprint density at radius 1 is 1.29 bits per heavy atom. The van der Waals surface area contributed by atoms with E-state index in [0.717, 1.165) is 37.1 Å². The van der Waals surface area contributed by atoms with Crippen LogP contribution in [0.2, 0.25) is 0 Å². The minimum absolute atomic E-state index is 0.111. The van der Waals surface area contributed by atoms with Crippen molar-refractivity contribution < 1.29 is 14.6 Å². The summed E-state index contributed by atoms with van der Waals surface area (Å²) in [6, 6.07) is 10.3. The Morgan fingerprint density at radius 2 is 2.16 bits per heavy atom. The van der Waals surface area contributed by atoms with Crippen LogP contribution in [0.1, 0.15) is 29.7 Å². The first-order chi connectivity index (χ1) is 15.1. The SMILES string of the molecule is O=C([C@@H]1C[C@@H](O)CN1)N1CCC2(CC1)OCCc1cc(-c3cccc4ccnn34)sc12. The molecule has 162 valence electrons. The van der Waals surface area contributed by atoms with E-state index < -0.39 is 6.10 Å². The molecule has 0 radical (unpaired) electrons. The average Bonchev–Trinajstić information content (AvgIpc) is 3.53. The van der Waals surface area contributed by atoms with Crippen LogP contribution in [0, 0.1) is 0 Å². The molecule has 0 aliphatic carbocycles. The van der Waals surface area contributed by atoms with E-state index in [-0.39, 0.29) is 17.6 Å². The molecule has 3 aromatic heterocycles. The van der Waals surface area contributed by atoms with Crippen LogP contribution in [0.3, 0.4) is 0 Å². The molecule has 6 rings (SSSR count). The summed E-state index contributed by atoms with van der Waals surface area (Å²) in [7, 11) is 0. The van der Waals surface area contributed by atoms with Gasteiger partial charge in [-0.05, 0) is 55.5 Å². The van der Waals surface area contributed by atoms with Gasteiger partial charge in [-0.25, -0.2) is 4.52 Å². The molecule has 3 aromatic rings. The highest BCUT2D eigenvalue weighted by atomic mass is 32.1. The van der Waals surface area contributed by atoms with Crippen molar-refractivity contribution in [3.05, 3.63) is 47.0 Å². The minimum Gasteiger partial charge on any atom is -0.392 e. The number of rotatable bonds is 2. The lowest BCUT2D eigenvalue weighted by molar-refractivity contribution is -0.142. The van der Waals surface area contributed by atoms with Crippen LogP contribution in [0.4, 0.5) is 0 Å².